The van der Waals surface area contributed by atoms with Gasteiger partial charge in [0, 0.05) is 13.0 Å². The fourth-order valence-electron chi connectivity index (χ4n) is 3.17. The van der Waals surface area contributed by atoms with E-state index in [1.165, 1.54) is 96.3 Å². The van der Waals surface area contributed by atoms with Crippen LogP contribution in [0, 0.1) is 0 Å². The molecule has 0 bridgehead atoms. The molecule has 0 heterocycles. The molecule has 0 spiro atoms. The molecule has 0 aliphatic heterocycles. The second kappa shape index (κ2) is 20.5. The molecule has 2 heteroatoms. The fraction of sp³-hybridized carbons (Fsp3) is 0.955. The van der Waals surface area contributed by atoms with Gasteiger partial charge in [0.25, 0.3) is 0 Å². The number of unbranched alkanes of at least 4 members (excludes halogenated alkanes) is 15. The lowest BCUT2D eigenvalue weighted by atomic mass is 10.1. The lowest BCUT2D eigenvalue weighted by Crippen LogP contribution is -2.23. The molecule has 0 fully saturated rings. The van der Waals surface area contributed by atoms with Crippen LogP contribution in [0.5, 0.6) is 0 Å². The number of nitrogens with one attached hydrogen (secondary N) is 1. The fourth-order valence-corrected chi connectivity index (χ4v) is 3.17. The summed E-state index contributed by atoms with van der Waals surface area (Å²) in [6.07, 6.45) is 23.3. The molecule has 0 aliphatic carbocycles. The number of carbonyl (C=O) groups is 1. The topological polar surface area (TPSA) is 29.1 Å². The number of rotatable bonds is 19. The smallest absolute Gasteiger partial charge is 0.219 e. The molecule has 0 atom stereocenters. The number of amides is 1. The Morgan fingerprint density at radius 1 is 0.542 bits per heavy atom. The molecule has 0 radical (unpaired) electrons. The maximum Gasteiger partial charge on any atom is 0.219 e. The van der Waals surface area contributed by atoms with Gasteiger partial charge < -0.3 is 5.32 Å². The van der Waals surface area contributed by atoms with Crippen LogP contribution < -0.4 is 5.32 Å². The number of hydrogen-bond donors (Lipinski definition) is 1. The van der Waals surface area contributed by atoms with Crippen molar-refractivity contribution in [2.24, 2.45) is 0 Å². The highest BCUT2D eigenvalue weighted by molar-refractivity contribution is 5.75. The van der Waals surface area contributed by atoms with E-state index in [0.717, 1.165) is 25.8 Å². The van der Waals surface area contributed by atoms with E-state index < -0.39 is 0 Å². The molecule has 0 unspecified atom stereocenters. The predicted octanol–water partition coefficient (Wildman–Crippen LogP) is 7.16. The van der Waals surface area contributed by atoms with E-state index in [9.17, 15) is 4.79 Å². The van der Waals surface area contributed by atoms with E-state index >= 15 is 0 Å². The van der Waals surface area contributed by atoms with Crippen LogP contribution in [0.15, 0.2) is 0 Å². The normalized spacial score (nSPS) is 10.9. The summed E-state index contributed by atoms with van der Waals surface area (Å²) >= 11 is 0. The maximum atomic E-state index is 11.7. The zero-order chi connectivity index (χ0) is 17.7. The second-order valence-electron chi connectivity index (χ2n) is 7.40. The van der Waals surface area contributed by atoms with Crippen LogP contribution >= 0.6 is 0 Å². The summed E-state index contributed by atoms with van der Waals surface area (Å²) in [6.45, 7) is 5.38. The monoisotopic (exact) mass is 339 g/mol. The lowest BCUT2D eigenvalue weighted by molar-refractivity contribution is -0.121. The van der Waals surface area contributed by atoms with Crippen LogP contribution in [0.25, 0.3) is 0 Å². The predicted molar refractivity (Wildman–Crippen MR) is 107 cm³/mol. The van der Waals surface area contributed by atoms with Gasteiger partial charge in [0.1, 0.15) is 0 Å². The molecular formula is C22H45NO. The Balaban J connectivity index is 3.10. The van der Waals surface area contributed by atoms with Crippen molar-refractivity contribution >= 4 is 5.91 Å². The highest BCUT2D eigenvalue weighted by atomic mass is 16.1. The summed E-state index contributed by atoms with van der Waals surface area (Å²) in [5.74, 6) is 0.259. The standard InChI is InChI=1S/C22H45NO/c1-3-5-7-9-10-11-12-13-14-15-17-19-21-23-22(24)20-18-16-8-6-4-2/h3-21H2,1-2H3,(H,23,24). The van der Waals surface area contributed by atoms with Crippen molar-refractivity contribution in [3.8, 4) is 0 Å². The first-order valence-electron chi connectivity index (χ1n) is 11.1. The maximum absolute atomic E-state index is 11.7. The Bertz CT molecular complexity index is 252. The van der Waals surface area contributed by atoms with E-state index in [1.807, 2.05) is 0 Å². The molecule has 1 N–H and O–H groups in total. The van der Waals surface area contributed by atoms with Crippen molar-refractivity contribution in [3.05, 3.63) is 0 Å². The second-order valence-corrected chi connectivity index (χ2v) is 7.40. The van der Waals surface area contributed by atoms with Gasteiger partial charge in [0.15, 0.2) is 0 Å². The molecule has 0 rings (SSSR count). The van der Waals surface area contributed by atoms with Crippen LogP contribution in [-0.2, 0) is 4.79 Å². The van der Waals surface area contributed by atoms with Crippen molar-refractivity contribution in [1.29, 1.82) is 0 Å². The quantitative estimate of drug-likeness (QED) is 0.248. The molecule has 0 aromatic carbocycles. The summed E-state index contributed by atoms with van der Waals surface area (Å²) < 4.78 is 0. The zero-order valence-corrected chi connectivity index (χ0v) is 16.8. The first kappa shape index (κ1) is 23.5. The Labute approximate surface area is 152 Å². The first-order valence-corrected chi connectivity index (χ1v) is 11.1. The van der Waals surface area contributed by atoms with Gasteiger partial charge in [-0.2, -0.15) is 0 Å². The van der Waals surface area contributed by atoms with Gasteiger partial charge in [-0.3, -0.25) is 4.79 Å². The number of carbonyl (C=O) groups excluding carboxylic acids is 1. The lowest BCUT2D eigenvalue weighted by Gasteiger charge is -2.05. The third-order valence-corrected chi connectivity index (χ3v) is 4.86. The van der Waals surface area contributed by atoms with E-state index in [0.29, 0.717) is 0 Å². The number of hydrogen-bond acceptors (Lipinski definition) is 1. The molecule has 2 nitrogen and oxygen atoms in total. The van der Waals surface area contributed by atoms with E-state index in [2.05, 4.69) is 19.2 Å². The van der Waals surface area contributed by atoms with Crippen LogP contribution in [0.4, 0.5) is 0 Å². The summed E-state index contributed by atoms with van der Waals surface area (Å²) in [6, 6.07) is 0. The minimum Gasteiger partial charge on any atom is -0.356 e. The zero-order valence-electron chi connectivity index (χ0n) is 16.8. The summed E-state index contributed by atoms with van der Waals surface area (Å²) in [7, 11) is 0. The van der Waals surface area contributed by atoms with Gasteiger partial charge in [-0.25, -0.2) is 0 Å². The van der Waals surface area contributed by atoms with E-state index in [-0.39, 0.29) is 5.91 Å². The molecule has 0 aromatic rings. The molecular weight excluding hydrogens is 294 g/mol. The Morgan fingerprint density at radius 3 is 1.38 bits per heavy atom. The molecule has 0 aliphatic rings. The average molecular weight is 340 g/mol. The van der Waals surface area contributed by atoms with E-state index in [1.54, 1.807) is 0 Å². The van der Waals surface area contributed by atoms with Crippen LogP contribution in [-0.4, -0.2) is 12.5 Å². The Morgan fingerprint density at radius 2 is 0.917 bits per heavy atom. The molecule has 144 valence electrons. The summed E-state index contributed by atoms with van der Waals surface area (Å²) in [5.41, 5.74) is 0. The summed E-state index contributed by atoms with van der Waals surface area (Å²) in [5, 5.41) is 3.07. The highest BCUT2D eigenvalue weighted by Gasteiger charge is 2.00. The van der Waals surface area contributed by atoms with Crippen LogP contribution in [0.2, 0.25) is 0 Å². The van der Waals surface area contributed by atoms with Gasteiger partial charge in [-0.05, 0) is 12.8 Å². The van der Waals surface area contributed by atoms with Gasteiger partial charge in [0.2, 0.25) is 5.91 Å². The van der Waals surface area contributed by atoms with E-state index in [4.69, 9.17) is 0 Å². The van der Waals surface area contributed by atoms with Crippen molar-refractivity contribution < 1.29 is 4.79 Å². The Hall–Kier alpha value is -0.530. The SMILES string of the molecule is CCCCCCCCCCCCCCNC(=O)CCCCCCC. The Kier molecular flexibility index (Phi) is 20.1. The average Bonchev–Trinajstić information content (AvgIpc) is 2.59. The molecule has 0 aromatic heterocycles. The van der Waals surface area contributed by atoms with Gasteiger partial charge in [-0.15, -0.1) is 0 Å². The molecule has 24 heavy (non-hydrogen) atoms. The van der Waals surface area contributed by atoms with Crippen molar-refractivity contribution in [2.45, 2.75) is 129 Å². The van der Waals surface area contributed by atoms with Crippen molar-refractivity contribution in [2.75, 3.05) is 6.54 Å². The van der Waals surface area contributed by atoms with Crippen LogP contribution in [0.3, 0.4) is 0 Å². The highest BCUT2D eigenvalue weighted by Crippen LogP contribution is 2.11. The molecule has 0 saturated carbocycles. The van der Waals surface area contributed by atoms with Crippen molar-refractivity contribution in [1.82, 2.24) is 5.32 Å². The third-order valence-electron chi connectivity index (χ3n) is 4.86. The first-order chi connectivity index (χ1) is 11.8. The largest absolute Gasteiger partial charge is 0.356 e. The summed E-state index contributed by atoms with van der Waals surface area (Å²) in [4.78, 5) is 11.7. The van der Waals surface area contributed by atoms with Crippen LogP contribution in [0.1, 0.15) is 129 Å². The molecule has 0 saturated heterocycles. The van der Waals surface area contributed by atoms with Gasteiger partial charge in [-0.1, -0.05) is 110 Å². The van der Waals surface area contributed by atoms with Crippen molar-refractivity contribution in [3.63, 3.8) is 0 Å². The minimum absolute atomic E-state index is 0.259. The minimum atomic E-state index is 0.259. The van der Waals surface area contributed by atoms with Gasteiger partial charge in [0.05, 0.1) is 0 Å². The third kappa shape index (κ3) is 19.5. The molecule has 1 amide bonds. The van der Waals surface area contributed by atoms with Gasteiger partial charge >= 0.3 is 0 Å².